The second-order valence-corrected chi connectivity index (χ2v) is 5.04. The van der Waals surface area contributed by atoms with E-state index >= 15 is 0 Å². The van der Waals surface area contributed by atoms with Gasteiger partial charge < -0.3 is 15.1 Å². The van der Waals surface area contributed by atoms with E-state index in [-0.39, 0.29) is 11.8 Å². The highest BCUT2D eigenvalue weighted by Gasteiger charge is 2.25. The molecule has 0 aromatic carbocycles. The summed E-state index contributed by atoms with van der Waals surface area (Å²) >= 11 is 0. The predicted octanol–water partition coefficient (Wildman–Crippen LogP) is 1.72. The lowest BCUT2D eigenvalue weighted by Gasteiger charge is -2.29. The molecule has 18 heavy (non-hydrogen) atoms. The van der Waals surface area contributed by atoms with Crippen LogP contribution < -0.4 is 5.73 Å². The fourth-order valence-electron chi connectivity index (χ4n) is 2.48. The van der Waals surface area contributed by atoms with Gasteiger partial charge in [-0.05, 0) is 38.3 Å². The van der Waals surface area contributed by atoms with Crippen LogP contribution in [0.15, 0.2) is 16.5 Å². The largest absolute Gasteiger partial charge is 0.466 e. The van der Waals surface area contributed by atoms with Crippen LogP contribution in [0.5, 0.6) is 0 Å². The zero-order chi connectivity index (χ0) is 13.0. The molecule has 2 heterocycles. The lowest BCUT2D eigenvalue weighted by Crippen LogP contribution is -2.42. The maximum atomic E-state index is 12.3. The van der Waals surface area contributed by atoms with Crippen molar-refractivity contribution in [3.05, 3.63) is 23.7 Å². The molecule has 1 saturated heterocycles. The molecule has 1 aliphatic rings. The summed E-state index contributed by atoms with van der Waals surface area (Å²) in [4.78, 5) is 14.3. The van der Waals surface area contributed by atoms with Gasteiger partial charge in [-0.25, -0.2) is 0 Å². The zero-order valence-corrected chi connectivity index (χ0v) is 11.0. The SMILES string of the molecule is Cc1ccc(CC(CN)C(=O)N2CCCCC2)o1. The number of hydrogen-bond acceptors (Lipinski definition) is 3. The quantitative estimate of drug-likeness (QED) is 0.885. The number of nitrogens with two attached hydrogens (primary N) is 1. The van der Waals surface area contributed by atoms with Gasteiger partial charge in [-0.3, -0.25) is 4.79 Å². The van der Waals surface area contributed by atoms with Gasteiger partial charge in [0.15, 0.2) is 0 Å². The van der Waals surface area contributed by atoms with E-state index < -0.39 is 0 Å². The molecular weight excluding hydrogens is 228 g/mol. The highest BCUT2D eigenvalue weighted by atomic mass is 16.3. The first-order valence-corrected chi connectivity index (χ1v) is 6.75. The van der Waals surface area contributed by atoms with E-state index in [1.807, 2.05) is 24.0 Å². The second kappa shape index (κ2) is 6.05. The van der Waals surface area contributed by atoms with Crippen molar-refractivity contribution < 1.29 is 9.21 Å². The van der Waals surface area contributed by atoms with Crippen molar-refractivity contribution in [3.8, 4) is 0 Å². The topological polar surface area (TPSA) is 59.5 Å². The van der Waals surface area contributed by atoms with Crippen molar-refractivity contribution in [2.24, 2.45) is 11.7 Å². The summed E-state index contributed by atoms with van der Waals surface area (Å²) in [6, 6.07) is 3.86. The van der Waals surface area contributed by atoms with Crippen LogP contribution in [-0.2, 0) is 11.2 Å². The molecule has 1 amide bonds. The Morgan fingerprint density at radius 1 is 1.39 bits per heavy atom. The number of piperidine rings is 1. The smallest absolute Gasteiger partial charge is 0.227 e. The molecule has 2 N–H and O–H groups in total. The van der Waals surface area contributed by atoms with Crippen LogP contribution in [0.4, 0.5) is 0 Å². The number of nitrogens with zero attached hydrogens (tertiary/aromatic N) is 1. The average molecular weight is 250 g/mol. The summed E-state index contributed by atoms with van der Waals surface area (Å²) in [5.41, 5.74) is 5.75. The summed E-state index contributed by atoms with van der Waals surface area (Å²) in [7, 11) is 0. The normalized spacial score (nSPS) is 17.8. The third-order valence-corrected chi connectivity index (χ3v) is 3.55. The van der Waals surface area contributed by atoms with Gasteiger partial charge in [0.2, 0.25) is 5.91 Å². The Labute approximate surface area is 108 Å². The van der Waals surface area contributed by atoms with E-state index in [0.29, 0.717) is 13.0 Å². The number of amides is 1. The Hall–Kier alpha value is -1.29. The third-order valence-electron chi connectivity index (χ3n) is 3.55. The number of furan rings is 1. The maximum absolute atomic E-state index is 12.3. The van der Waals surface area contributed by atoms with Crippen LogP contribution >= 0.6 is 0 Å². The number of carbonyl (C=O) groups excluding carboxylic acids is 1. The molecule has 1 aliphatic heterocycles. The number of likely N-dealkylation sites (tertiary alicyclic amines) is 1. The summed E-state index contributed by atoms with van der Waals surface area (Å²) < 4.78 is 5.53. The molecule has 0 bridgehead atoms. The van der Waals surface area contributed by atoms with E-state index in [0.717, 1.165) is 37.5 Å². The minimum absolute atomic E-state index is 0.145. The van der Waals surface area contributed by atoms with E-state index in [4.69, 9.17) is 10.2 Å². The number of rotatable bonds is 4. The van der Waals surface area contributed by atoms with Crippen LogP contribution in [0.2, 0.25) is 0 Å². The fourth-order valence-corrected chi connectivity index (χ4v) is 2.48. The molecule has 4 heteroatoms. The van der Waals surface area contributed by atoms with Crippen LogP contribution in [0, 0.1) is 12.8 Å². The molecule has 100 valence electrons. The van der Waals surface area contributed by atoms with Gasteiger partial charge in [0, 0.05) is 26.1 Å². The van der Waals surface area contributed by atoms with Gasteiger partial charge in [0.05, 0.1) is 5.92 Å². The van der Waals surface area contributed by atoms with Crippen LogP contribution in [-0.4, -0.2) is 30.4 Å². The molecule has 0 aliphatic carbocycles. The molecule has 0 saturated carbocycles. The van der Waals surface area contributed by atoms with Crippen LogP contribution in [0.3, 0.4) is 0 Å². The predicted molar refractivity (Wildman–Crippen MR) is 70.1 cm³/mol. The molecule has 0 spiro atoms. The monoisotopic (exact) mass is 250 g/mol. The van der Waals surface area contributed by atoms with Crippen LogP contribution in [0.1, 0.15) is 30.8 Å². The molecule has 0 radical (unpaired) electrons. The minimum atomic E-state index is -0.145. The lowest BCUT2D eigenvalue weighted by atomic mass is 10.0. The first kappa shape index (κ1) is 13.1. The van der Waals surface area contributed by atoms with Crippen molar-refractivity contribution in [1.82, 2.24) is 4.90 Å². The van der Waals surface area contributed by atoms with Crippen molar-refractivity contribution >= 4 is 5.91 Å². The van der Waals surface area contributed by atoms with Gasteiger partial charge >= 0.3 is 0 Å². The molecule has 2 rings (SSSR count). The second-order valence-electron chi connectivity index (χ2n) is 5.04. The van der Waals surface area contributed by atoms with Gasteiger partial charge in [-0.1, -0.05) is 0 Å². The van der Waals surface area contributed by atoms with E-state index in [2.05, 4.69) is 0 Å². The third kappa shape index (κ3) is 3.13. The van der Waals surface area contributed by atoms with Gasteiger partial charge in [-0.2, -0.15) is 0 Å². The molecule has 1 aromatic rings. The van der Waals surface area contributed by atoms with Crippen molar-refractivity contribution in [1.29, 1.82) is 0 Å². The summed E-state index contributed by atoms with van der Waals surface area (Å²) in [6.07, 6.45) is 4.07. The summed E-state index contributed by atoms with van der Waals surface area (Å²) in [5.74, 6) is 1.78. The number of hydrogen-bond donors (Lipinski definition) is 1. The molecule has 1 aromatic heterocycles. The number of aryl methyl sites for hydroxylation is 1. The van der Waals surface area contributed by atoms with Crippen molar-refractivity contribution in [2.45, 2.75) is 32.6 Å². The average Bonchev–Trinajstić information content (AvgIpc) is 2.82. The first-order chi connectivity index (χ1) is 8.70. The highest BCUT2D eigenvalue weighted by Crippen LogP contribution is 2.17. The Morgan fingerprint density at radius 2 is 2.11 bits per heavy atom. The van der Waals surface area contributed by atoms with E-state index in [1.165, 1.54) is 6.42 Å². The first-order valence-electron chi connectivity index (χ1n) is 6.75. The molecule has 4 nitrogen and oxygen atoms in total. The van der Waals surface area contributed by atoms with E-state index in [9.17, 15) is 4.79 Å². The summed E-state index contributed by atoms with van der Waals surface area (Å²) in [6.45, 7) is 4.06. The highest BCUT2D eigenvalue weighted by molar-refractivity contribution is 5.79. The van der Waals surface area contributed by atoms with Gasteiger partial charge in [0.25, 0.3) is 0 Å². The molecule has 1 unspecified atom stereocenters. The fraction of sp³-hybridized carbons (Fsp3) is 0.643. The molecular formula is C14H22N2O2. The van der Waals surface area contributed by atoms with Crippen LogP contribution in [0.25, 0.3) is 0 Å². The minimum Gasteiger partial charge on any atom is -0.466 e. The standard InChI is InChI=1S/C14H22N2O2/c1-11-5-6-13(18-11)9-12(10-15)14(17)16-7-3-2-4-8-16/h5-6,12H,2-4,7-10,15H2,1H3. The Bertz CT molecular complexity index is 394. The van der Waals surface area contributed by atoms with E-state index in [1.54, 1.807) is 0 Å². The Balaban J connectivity index is 1.96. The molecule has 1 atom stereocenters. The van der Waals surface area contributed by atoms with Gasteiger partial charge in [0.1, 0.15) is 11.5 Å². The zero-order valence-electron chi connectivity index (χ0n) is 11.0. The Morgan fingerprint density at radius 3 is 2.67 bits per heavy atom. The molecule has 1 fully saturated rings. The van der Waals surface area contributed by atoms with Crippen molar-refractivity contribution in [2.75, 3.05) is 19.6 Å². The van der Waals surface area contributed by atoms with Gasteiger partial charge in [-0.15, -0.1) is 0 Å². The Kier molecular flexibility index (Phi) is 4.42. The number of carbonyl (C=O) groups is 1. The van der Waals surface area contributed by atoms with Crippen molar-refractivity contribution in [3.63, 3.8) is 0 Å². The lowest BCUT2D eigenvalue weighted by molar-refractivity contribution is -0.136. The summed E-state index contributed by atoms with van der Waals surface area (Å²) in [5, 5.41) is 0. The maximum Gasteiger partial charge on any atom is 0.227 e.